The van der Waals surface area contributed by atoms with E-state index < -0.39 is 29.6 Å². The van der Waals surface area contributed by atoms with E-state index in [9.17, 15) is 19.5 Å². The number of hydrazine groups is 1. The number of carbonyl (C=O) groups is 3. The van der Waals surface area contributed by atoms with Gasteiger partial charge < -0.3 is 29.2 Å². The highest BCUT2D eigenvalue weighted by Crippen LogP contribution is 2.46. The molecule has 4 aliphatic heterocycles. The van der Waals surface area contributed by atoms with Crippen molar-refractivity contribution in [2.24, 2.45) is 28.2 Å². The number of hydrogen-bond donors (Lipinski definition) is 3. The molecule has 1 aliphatic carbocycles. The lowest BCUT2D eigenvalue weighted by atomic mass is 9.84. The summed E-state index contributed by atoms with van der Waals surface area (Å²) in [4.78, 5) is 54.8. The standard InChI is InChI=1S/C45H61N7O7S/c1-8-51-35-14-13-28-19-31(35)32(39(51)30-11-9-15-46-37(30)27(4)57-7)20-45(5,6)24-59-44(56)33-12-10-16-52(49-33)43(55)38(48-41(54)36-25(2)26(36)3)40(42-47-34(28)23-60-42)58-18-17-50-21-29(53)22-50/h9,11,13-15,19,25-27,29,33-34,36,38,40,49,53H,8,10,12,16-18,20-24H2,1-7H3,(H,48,54)/t25-,26+,27-,33-,34?,36+,38-,40-/m0/s1. The minimum absolute atomic E-state index is 0.164. The van der Waals surface area contributed by atoms with Gasteiger partial charge in [-0.3, -0.25) is 34.3 Å². The molecule has 0 radical (unpaired) electrons. The van der Waals surface area contributed by atoms with Crippen molar-refractivity contribution in [3.05, 3.63) is 53.3 Å². The summed E-state index contributed by atoms with van der Waals surface area (Å²) in [6.45, 7) is 15.7. The number of β-amino-alcohol motifs (C(OH)–C–C–N with tert-alkyl or cyclic N) is 1. The van der Waals surface area contributed by atoms with Gasteiger partial charge in [-0.1, -0.05) is 33.8 Å². The summed E-state index contributed by atoms with van der Waals surface area (Å²) in [6.07, 6.45) is 2.02. The van der Waals surface area contributed by atoms with Crippen molar-refractivity contribution in [1.82, 2.24) is 30.2 Å². The van der Waals surface area contributed by atoms with Crippen LogP contribution in [0.5, 0.6) is 0 Å². The predicted octanol–water partition coefficient (Wildman–Crippen LogP) is 4.69. The first-order valence-corrected chi connectivity index (χ1v) is 22.7. The van der Waals surface area contributed by atoms with Crippen LogP contribution in [0.2, 0.25) is 0 Å². The molecule has 6 heterocycles. The van der Waals surface area contributed by atoms with E-state index in [-0.39, 0.29) is 61.0 Å². The average Bonchev–Trinajstić information content (AvgIpc) is 3.51. The third kappa shape index (κ3) is 8.50. The Kier molecular flexibility index (Phi) is 12.5. The van der Waals surface area contributed by atoms with E-state index in [1.807, 2.05) is 13.0 Å². The van der Waals surface area contributed by atoms with Gasteiger partial charge in [0, 0.05) is 79.6 Å². The lowest BCUT2D eigenvalue weighted by Crippen LogP contribution is -2.63. The van der Waals surface area contributed by atoms with Crippen molar-refractivity contribution in [2.75, 3.05) is 52.3 Å². The van der Waals surface area contributed by atoms with Crippen LogP contribution in [-0.2, 0) is 41.6 Å². The van der Waals surface area contributed by atoms with Gasteiger partial charge in [-0.25, -0.2) is 5.43 Å². The molecule has 3 aromatic rings. The average molecular weight is 844 g/mol. The highest BCUT2D eigenvalue weighted by atomic mass is 32.2. The van der Waals surface area contributed by atoms with Crippen molar-refractivity contribution < 1.29 is 33.7 Å². The van der Waals surface area contributed by atoms with E-state index in [2.05, 4.69) is 79.1 Å². The summed E-state index contributed by atoms with van der Waals surface area (Å²) in [5.41, 5.74) is 8.90. The van der Waals surface area contributed by atoms with Crippen LogP contribution in [0.4, 0.5) is 0 Å². The molecule has 2 aromatic heterocycles. The van der Waals surface area contributed by atoms with Crippen LogP contribution in [0, 0.1) is 23.2 Å². The van der Waals surface area contributed by atoms with Crippen LogP contribution in [0.15, 0.2) is 41.5 Å². The fourth-order valence-corrected chi connectivity index (χ4v) is 10.6. The Hall–Kier alpha value is -3.86. The van der Waals surface area contributed by atoms with Gasteiger partial charge >= 0.3 is 5.97 Å². The van der Waals surface area contributed by atoms with Crippen LogP contribution >= 0.6 is 11.8 Å². The molecule has 8 atom stereocenters. The number of rotatable bonds is 10. The number of pyridine rings is 1. The zero-order chi connectivity index (χ0) is 42.5. The number of methoxy groups -OCH3 is 1. The summed E-state index contributed by atoms with van der Waals surface area (Å²) in [5.74, 6) is -0.155. The van der Waals surface area contributed by atoms with Gasteiger partial charge in [0.25, 0.3) is 5.91 Å². The zero-order valence-electron chi connectivity index (χ0n) is 36.0. The highest BCUT2D eigenvalue weighted by molar-refractivity contribution is 8.14. The first-order valence-electron chi connectivity index (χ1n) is 21.7. The van der Waals surface area contributed by atoms with Gasteiger partial charge in [-0.15, -0.1) is 11.8 Å². The van der Waals surface area contributed by atoms with Gasteiger partial charge in [0.2, 0.25) is 5.91 Å². The number of hydrogen-bond acceptors (Lipinski definition) is 12. The SMILES string of the molecule is CCn1c(-c2cccnc2[C@H](C)OC)c2c3cc(ccc31)C1CSC(=N1)[C@@H](OCCN1CC(O)C1)[C@H](NC(=O)[C@H]1[C@H](C)[C@@H]1C)C(=O)N1CCC[C@H](N1)C(=O)OCC(C)(C)C2. The molecule has 1 saturated carbocycles. The predicted molar refractivity (Wildman–Crippen MR) is 231 cm³/mol. The van der Waals surface area contributed by atoms with E-state index in [1.54, 1.807) is 25.1 Å². The third-order valence-electron chi connectivity index (χ3n) is 13.3. The maximum absolute atomic E-state index is 14.8. The normalized spacial score (nSPS) is 29.1. The Labute approximate surface area is 357 Å². The van der Waals surface area contributed by atoms with Crippen LogP contribution in [0.25, 0.3) is 22.2 Å². The minimum atomic E-state index is -1.09. The second-order valence-electron chi connectivity index (χ2n) is 18.2. The summed E-state index contributed by atoms with van der Waals surface area (Å²) in [5, 5.41) is 16.3. The Morgan fingerprint density at radius 2 is 1.97 bits per heavy atom. The van der Waals surface area contributed by atoms with Gasteiger partial charge in [0.15, 0.2) is 0 Å². The molecule has 1 unspecified atom stereocenters. The number of cyclic esters (lactones) is 1. The maximum Gasteiger partial charge on any atom is 0.324 e. The number of nitrogens with zero attached hydrogens (tertiary/aromatic N) is 5. The molecule has 324 valence electrons. The molecule has 14 nitrogen and oxygen atoms in total. The fraction of sp³-hybridized carbons (Fsp3) is 0.622. The molecular weight excluding hydrogens is 783 g/mol. The molecule has 3 fully saturated rings. The maximum atomic E-state index is 14.8. The van der Waals surface area contributed by atoms with E-state index in [0.29, 0.717) is 56.2 Å². The number of aliphatic hydroxyl groups excluding tert-OH is 1. The zero-order valence-corrected chi connectivity index (χ0v) is 36.8. The number of ether oxygens (including phenoxy) is 3. The first kappa shape index (κ1) is 42.8. The highest BCUT2D eigenvalue weighted by Gasteiger charge is 2.50. The topological polar surface area (TPSA) is 160 Å². The molecule has 60 heavy (non-hydrogen) atoms. The first-order chi connectivity index (χ1) is 28.8. The molecule has 2 saturated heterocycles. The molecular formula is C45H61N7O7S. The number of thioether (sulfide) groups is 1. The van der Waals surface area contributed by atoms with Crippen molar-refractivity contribution in [1.29, 1.82) is 0 Å². The number of aliphatic imine (C=N–C) groups is 1. The molecule has 8 rings (SSSR count). The van der Waals surface area contributed by atoms with Crippen molar-refractivity contribution in [3.63, 3.8) is 0 Å². The van der Waals surface area contributed by atoms with Crippen molar-refractivity contribution in [2.45, 2.75) is 104 Å². The monoisotopic (exact) mass is 843 g/mol. The lowest BCUT2D eigenvalue weighted by Gasteiger charge is -2.38. The molecule has 3 N–H and O–H groups in total. The third-order valence-corrected chi connectivity index (χ3v) is 14.4. The van der Waals surface area contributed by atoms with Crippen LogP contribution < -0.4 is 10.7 Å². The van der Waals surface area contributed by atoms with Gasteiger partial charge in [-0.2, -0.15) is 0 Å². The summed E-state index contributed by atoms with van der Waals surface area (Å²) in [7, 11) is 1.70. The van der Waals surface area contributed by atoms with E-state index in [1.165, 1.54) is 5.01 Å². The number of aliphatic hydroxyl groups is 1. The number of nitrogens with one attached hydrogen (secondary N) is 2. The fourth-order valence-electron chi connectivity index (χ4n) is 9.42. The second-order valence-corrected chi connectivity index (χ2v) is 19.2. The Balaban J connectivity index is 1.25. The number of amides is 2. The largest absolute Gasteiger partial charge is 0.464 e. The minimum Gasteiger partial charge on any atom is -0.464 e. The number of aryl methyl sites for hydroxylation is 1. The Morgan fingerprint density at radius 1 is 1.18 bits per heavy atom. The van der Waals surface area contributed by atoms with Gasteiger partial charge in [0.05, 0.1) is 42.9 Å². The number of carbonyl (C=O) groups excluding carboxylic acids is 3. The number of benzene rings is 1. The smallest absolute Gasteiger partial charge is 0.324 e. The molecule has 5 aliphatic rings. The van der Waals surface area contributed by atoms with E-state index >= 15 is 0 Å². The van der Waals surface area contributed by atoms with Crippen LogP contribution in [0.1, 0.15) is 83.4 Å². The quantitative estimate of drug-likeness (QED) is 0.243. The molecule has 1 aromatic carbocycles. The Bertz CT molecular complexity index is 2130. The van der Waals surface area contributed by atoms with E-state index in [4.69, 9.17) is 24.2 Å². The molecule has 0 spiro atoms. The Morgan fingerprint density at radius 3 is 2.68 bits per heavy atom. The summed E-state index contributed by atoms with van der Waals surface area (Å²) < 4.78 is 21.0. The summed E-state index contributed by atoms with van der Waals surface area (Å²) >= 11 is 1.56. The van der Waals surface area contributed by atoms with Crippen LogP contribution in [0.3, 0.4) is 0 Å². The lowest BCUT2D eigenvalue weighted by molar-refractivity contribution is -0.156. The van der Waals surface area contributed by atoms with Crippen LogP contribution in [-0.4, -0.2) is 124 Å². The number of esters is 1. The van der Waals surface area contributed by atoms with Gasteiger partial charge in [0.1, 0.15) is 23.2 Å². The molecule has 2 amide bonds. The second kappa shape index (κ2) is 17.5. The number of aromatic nitrogens is 2. The molecule has 15 heteroatoms. The summed E-state index contributed by atoms with van der Waals surface area (Å²) in [6, 6.07) is 8.60. The van der Waals surface area contributed by atoms with Crippen molar-refractivity contribution in [3.8, 4) is 11.3 Å². The van der Waals surface area contributed by atoms with E-state index in [0.717, 1.165) is 45.5 Å². The van der Waals surface area contributed by atoms with Gasteiger partial charge in [-0.05, 0) is 80.3 Å². The van der Waals surface area contributed by atoms with Crippen molar-refractivity contribution >= 4 is 45.5 Å². The molecule has 6 bridgehead atoms. The number of fused-ring (bicyclic) bond motifs is 5. The number of likely N-dealkylation sites (tertiary alicyclic amines) is 1.